The Morgan fingerprint density at radius 3 is 2.61 bits per heavy atom. The highest BCUT2D eigenvalue weighted by Crippen LogP contribution is 2.24. The second kappa shape index (κ2) is 8.68. The lowest BCUT2D eigenvalue weighted by Gasteiger charge is -2.33. The molecule has 0 radical (unpaired) electrons. The Morgan fingerprint density at radius 1 is 1.39 bits per heavy atom. The number of carbonyl (C=O) groups is 2. The molecule has 1 aliphatic rings. The minimum absolute atomic E-state index is 0.0210. The molecule has 2 atom stereocenters. The van der Waals surface area contributed by atoms with Gasteiger partial charge in [-0.3, -0.25) is 14.9 Å². The van der Waals surface area contributed by atoms with Crippen molar-refractivity contribution in [3.05, 3.63) is 39.4 Å². The van der Waals surface area contributed by atoms with Gasteiger partial charge in [-0.15, -0.1) is 0 Å². The highest BCUT2D eigenvalue weighted by Gasteiger charge is 2.37. The molecule has 1 aromatic rings. The fraction of sp³-hybridized carbons (Fsp3) is 0.556. The van der Waals surface area contributed by atoms with E-state index in [1.165, 1.54) is 30.0 Å². The fourth-order valence-electron chi connectivity index (χ4n) is 3.35. The number of aryl methyl sites for hydroxylation is 1. The van der Waals surface area contributed by atoms with Gasteiger partial charge in [-0.05, 0) is 32.8 Å². The Balaban J connectivity index is 2.14. The molecule has 10 heteroatoms. The third-order valence-electron chi connectivity index (χ3n) is 4.92. The molecule has 28 heavy (non-hydrogen) atoms. The lowest BCUT2D eigenvalue weighted by atomic mass is 10.1. The van der Waals surface area contributed by atoms with Crippen molar-refractivity contribution in [2.75, 3.05) is 18.1 Å². The topological polar surface area (TPSA) is 124 Å². The number of hydrogen-bond acceptors (Lipinski definition) is 7. The quantitative estimate of drug-likeness (QED) is 0.380. The largest absolute Gasteiger partial charge is 0.452 e. The molecule has 0 aliphatic carbocycles. The normalized spacial score (nSPS) is 19.0. The molecule has 1 aromatic carbocycles. The predicted molar refractivity (Wildman–Crippen MR) is 102 cm³/mol. The van der Waals surface area contributed by atoms with E-state index in [-0.39, 0.29) is 28.8 Å². The average Bonchev–Trinajstić information content (AvgIpc) is 2.98. The number of esters is 1. The summed E-state index contributed by atoms with van der Waals surface area (Å²) in [6.07, 6.45) is 0.954. The van der Waals surface area contributed by atoms with Crippen LogP contribution in [0.15, 0.2) is 18.2 Å². The summed E-state index contributed by atoms with van der Waals surface area (Å²) in [5.74, 6) is -1.57. The average molecular weight is 412 g/mol. The second-order valence-corrected chi connectivity index (χ2v) is 9.15. The maximum atomic E-state index is 12.7. The third kappa shape index (κ3) is 4.86. The first-order chi connectivity index (χ1) is 13.1. The molecule has 0 spiro atoms. The zero-order valence-corrected chi connectivity index (χ0v) is 16.9. The number of para-hydroxylation sites is 1. The number of hydrogen-bond donors (Lipinski definition) is 0. The van der Waals surface area contributed by atoms with E-state index < -0.39 is 39.3 Å². The highest BCUT2D eigenvalue weighted by atomic mass is 32.2. The van der Waals surface area contributed by atoms with Crippen LogP contribution in [-0.4, -0.2) is 60.3 Å². The van der Waals surface area contributed by atoms with E-state index in [0.29, 0.717) is 18.4 Å². The van der Waals surface area contributed by atoms with Crippen LogP contribution < -0.4 is 0 Å². The van der Waals surface area contributed by atoms with Gasteiger partial charge in [0.1, 0.15) is 5.56 Å². The number of nitro groups is 1. The van der Waals surface area contributed by atoms with Gasteiger partial charge in [-0.2, -0.15) is 0 Å². The number of benzene rings is 1. The SMILES string of the molecule is CC[C@H](C)N(C(=O)COC(=O)c1cccc(C)c1[N+](=O)[O-])[C@@H]1CCS(=O)(=O)C1. The molecular weight excluding hydrogens is 388 g/mol. The molecule has 0 unspecified atom stereocenters. The van der Waals surface area contributed by atoms with E-state index >= 15 is 0 Å². The molecule has 9 nitrogen and oxygen atoms in total. The van der Waals surface area contributed by atoms with Gasteiger partial charge in [0.05, 0.1) is 16.4 Å². The number of ether oxygens (including phenoxy) is 1. The Kier molecular flexibility index (Phi) is 6.76. The van der Waals surface area contributed by atoms with E-state index in [0.717, 1.165) is 0 Å². The van der Waals surface area contributed by atoms with Gasteiger partial charge < -0.3 is 9.64 Å². The van der Waals surface area contributed by atoms with Crippen LogP contribution in [0.4, 0.5) is 5.69 Å². The van der Waals surface area contributed by atoms with Crippen LogP contribution >= 0.6 is 0 Å². The predicted octanol–water partition coefficient (Wildman–Crippen LogP) is 1.87. The Morgan fingerprint density at radius 2 is 2.07 bits per heavy atom. The zero-order valence-electron chi connectivity index (χ0n) is 16.1. The van der Waals surface area contributed by atoms with Crippen LogP contribution in [0, 0.1) is 17.0 Å². The van der Waals surface area contributed by atoms with E-state index in [2.05, 4.69) is 0 Å². The number of carbonyl (C=O) groups excluding carboxylic acids is 2. The van der Waals surface area contributed by atoms with E-state index in [1.54, 1.807) is 6.92 Å². The molecule has 0 saturated carbocycles. The maximum Gasteiger partial charge on any atom is 0.345 e. The lowest BCUT2D eigenvalue weighted by molar-refractivity contribution is -0.385. The number of sulfone groups is 1. The van der Waals surface area contributed by atoms with Crippen LogP contribution in [0.3, 0.4) is 0 Å². The molecule has 1 saturated heterocycles. The molecule has 0 aromatic heterocycles. The molecule has 1 fully saturated rings. The van der Waals surface area contributed by atoms with E-state index in [1.807, 2.05) is 6.92 Å². The summed E-state index contributed by atoms with van der Waals surface area (Å²) in [7, 11) is -3.19. The number of amides is 1. The molecular formula is C18H24N2O7S. The van der Waals surface area contributed by atoms with Crippen molar-refractivity contribution in [1.29, 1.82) is 0 Å². The van der Waals surface area contributed by atoms with Crippen molar-refractivity contribution < 1.29 is 27.7 Å². The monoisotopic (exact) mass is 412 g/mol. The van der Waals surface area contributed by atoms with Crippen LogP contribution in [0.2, 0.25) is 0 Å². The third-order valence-corrected chi connectivity index (χ3v) is 6.67. The summed E-state index contributed by atoms with van der Waals surface area (Å²) in [4.78, 5) is 37.0. The Hall–Kier alpha value is -2.49. The number of nitrogens with zero attached hydrogens (tertiary/aromatic N) is 2. The molecule has 1 heterocycles. The van der Waals surface area contributed by atoms with Crippen molar-refractivity contribution in [2.24, 2.45) is 0 Å². The summed E-state index contributed by atoms with van der Waals surface area (Å²) in [5, 5.41) is 11.2. The molecule has 154 valence electrons. The number of rotatable bonds is 7. The van der Waals surface area contributed by atoms with Gasteiger partial charge in [-0.1, -0.05) is 19.1 Å². The number of nitro benzene ring substituents is 1. The van der Waals surface area contributed by atoms with Crippen LogP contribution in [0.5, 0.6) is 0 Å². The molecule has 1 amide bonds. The van der Waals surface area contributed by atoms with Crippen LogP contribution in [0.25, 0.3) is 0 Å². The first kappa shape index (κ1) is 21.8. The molecule has 2 rings (SSSR count). The fourth-order valence-corrected chi connectivity index (χ4v) is 5.06. The Labute approximate surface area is 163 Å². The lowest BCUT2D eigenvalue weighted by Crippen LogP contribution is -2.48. The summed E-state index contributed by atoms with van der Waals surface area (Å²) in [6, 6.07) is 3.59. The molecule has 0 bridgehead atoms. The van der Waals surface area contributed by atoms with Gasteiger partial charge in [0.15, 0.2) is 16.4 Å². The van der Waals surface area contributed by atoms with E-state index in [9.17, 15) is 28.1 Å². The highest BCUT2D eigenvalue weighted by molar-refractivity contribution is 7.91. The standard InChI is InChI=1S/C18H24N2O7S/c1-4-13(3)19(14-8-9-28(25,26)11-14)16(21)10-27-18(22)15-7-5-6-12(2)17(15)20(23)24/h5-7,13-14H,4,8-11H2,1-3H3/t13-,14+/m0/s1. The van der Waals surface area contributed by atoms with Crippen LogP contribution in [-0.2, 0) is 19.4 Å². The second-order valence-electron chi connectivity index (χ2n) is 6.92. The molecule has 0 N–H and O–H groups in total. The van der Waals surface area contributed by atoms with E-state index in [4.69, 9.17) is 4.74 Å². The summed E-state index contributed by atoms with van der Waals surface area (Å²) in [6.45, 7) is 4.57. The van der Waals surface area contributed by atoms with Crippen molar-refractivity contribution in [1.82, 2.24) is 4.90 Å². The van der Waals surface area contributed by atoms with Crippen molar-refractivity contribution in [3.8, 4) is 0 Å². The van der Waals surface area contributed by atoms with Gasteiger partial charge in [0.2, 0.25) is 0 Å². The van der Waals surface area contributed by atoms with Crippen LogP contribution in [0.1, 0.15) is 42.6 Å². The van der Waals surface area contributed by atoms with Gasteiger partial charge in [-0.25, -0.2) is 13.2 Å². The maximum absolute atomic E-state index is 12.7. The minimum atomic E-state index is -3.19. The van der Waals surface area contributed by atoms with Gasteiger partial charge in [0, 0.05) is 17.6 Å². The van der Waals surface area contributed by atoms with Gasteiger partial charge in [0.25, 0.3) is 11.6 Å². The zero-order chi connectivity index (χ0) is 21.1. The van der Waals surface area contributed by atoms with Crippen molar-refractivity contribution >= 4 is 27.4 Å². The Bertz CT molecular complexity index is 882. The van der Waals surface area contributed by atoms with Crippen molar-refractivity contribution in [3.63, 3.8) is 0 Å². The molecule has 1 aliphatic heterocycles. The van der Waals surface area contributed by atoms with Crippen molar-refractivity contribution in [2.45, 2.75) is 45.7 Å². The minimum Gasteiger partial charge on any atom is -0.452 e. The smallest absolute Gasteiger partial charge is 0.345 e. The summed E-state index contributed by atoms with van der Waals surface area (Å²) >= 11 is 0. The first-order valence-electron chi connectivity index (χ1n) is 9.00. The van der Waals surface area contributed by atoms with Gasteiger partial charge >= 0.3 is 5.97 Å². The summed E-state index contributed by atoms with van der Waals surface area (Å²) < 4.78 is 28.6. The first-order valence-corrected chi connectivity index (χ1v) is 10.8. The summed E-state index contributed by atoms with van der Waals surface area (Å²) in [5.41, 5.74) is -0.278.